The zero-order chi connectivity index (χ0) is 20.8. The van der Waals surface area contributed by atoms with Gasteiger partial charge in [0.05, 0.1) is 17.2 Å². The van der Waals surface area contributed by atoms with Crippen LogP contribution in [0, 0.1) is 5.82 Å². The van der Waals surface area contributed by atoms with Crippen LogP contribution in [0.25, 0.3) is 0 Å². The Balaban J connectivity index is 2.38. The Bertz CT molecular complexity index is 855. The van der Waals surface area contributed by atoms with E-state index in [9.17, 15) is 9.59 Å². The molecule has 2 rings (SSSR count). The number of nitrogens with two attached hydrogens (primary N) is 1. The van der Waals surface area contributed by atoms with Crippen molar-refractivity contribution in [1.29, 1.82) is 0 Å². The summed E-state index contributed by atoms with van der Waals surface area (Å²) in [5.74, 6) is -1.67. The van der Waals surface area contributed by atoms with Gasteiger partial charge in [-0.3, -0.25) is 9.59 Å². The molecule has 5 nitrogen and oxygen atoms in total. The highest BCUT2D eigenvalue weighted by atomic mass is 35.5. The van der Waals surface area contributed by atoms with Crippen molar-refractivity contribution in [3.8, 4) is 0 Å². The fraction of sp³-hybridized carbons (Fsp3) is 0.333. The van der Waals surface area contributed by atoms with Crippen LogP contribution in [-0.4, -0.2) is 22.8 Å². The molecule has 0 saturated carbocycles. The first kappa shape index (κ1) is 22.0. The quantitative estimate of drug-likeness (QED) is 0.555. The largest absolute Gasteiger partial charge is 0.392 e. The number of aliphatic hydroxyl groups excluding tert-OH is 1. The Hall–Kier alpha value is -2.28. The maximum Gasteiger partial charge on any atom is 0.218 e. The summed E-state index contributed by atoms with van der Waals surface area (Å²) in [6.45, 7) is 3.51. The van der Waals surface area contributed by atoms with Gasteiger partial charge in [-0.25, -0.2) is 4.39 Å². The molecule has 28 heavy (non-hydrogen) atoms. The van der Waals surface area contributed by atoms with Crippen molar-refractivity contribution in [1.82, 2.24) is 5.32 Å². The number of nitrogens with one attached hydrogen (secondary N) is 1. The molecule has 0 aliphatic heterocycles. The summed E-state index contributed by atoms with van der Waals surface area (Å²) in [5, 5.41) is 12.3. The number of carbonyl (C=O) groups is 2. The van der Waals surface area contributed by atoms with Crippen LogP contribution in [0.15, 0.2) is 36.4 Å². The van der Waals surface area contributed by atoms with Gasteiger partial charge in [-0.2, -0.15) is 0 Å². The lowest BCUT2D eigenvalue weighted by Crippen LogP contribution is -2.34. The average Bonchev–Trinajstić information content (AvgIpc) is 2.66. The van der Waals surface area contributed by atoms with Crippen molar-refractivity contribution in [2.75, 3.05) is 0 Å². The summed E-state index contributed by atoms with van der Waals surface area (Å²) in [6, 6.07) is 8.65. The van der Waals surface area contributed by atoms with Gasteiger partial charge in [-0.15, -0.1) is 0 Å². The molecule has 0 radical (unpaired) electrons. The van der Waals surface area contributed by atoms with Crippen LogP contribution in [0.1, 0.15) is 59.8 Å². The molecule has 7 heteroatoms. The zero-order valence-corrected chi connectivity index (χ0v) is 16.6. The normalized spacial score (nSPS) is 13.2. The SMILES string of the molecule is CC[C@@H](N[C@H](C)CC(N)=O)c1ccc(Cl)c(C(=O)c2ccc(CO)cc2)c1F. The van der Waals surface area contributed by atoms with Gasteiger partial charge >= 0.3 is 0 Å². The predicted molar refractivity (Wildman–Crippen MR) is 107 cm³/mol. The van der Waals surface area contributed by atoms with Gasteiger partial charge in [0.25, 0.3) is 0 Å². The first-order valence-corrected chi connectivity index (χ1v) is 9.43. The molecule has 0 fully saturated rings. The Morgan fingerprint density at radius 1 is 1.21 bits per heavy atom. The number of rotatable bonds is 9. The molecule has 1 amide bonds. The Morgan fingerprint density at radius 3 is 2.39 bits per heavy atom. The maximum atomic E-state index is 15.3. The highest BCUT2D eigenvalue weighted by molar-refractivity contribution is 6.35. The van der Waals surface area contributed by atoms with Crippen molar-refractivity contribution in [3.63, 3.8) is 0 Å². The number of carbonyl (C=O) groups excluding carboxylic acids is 2. The zero-order valence-electron chi connectivity index (χ0n) is 15.8. The molecule has 4 N–H and O–H groups in total. The Labute approximate surface area is 168 Å². The number of hydrogen-bond acceptors (Lipinski definition) is 4. The highest BCUT2D eigenvalue weighted by Crippen LogP contribution is 2.30. The van der Waals surface area contributed by atoms with Crippen LogP contribution in [0.3, 0.4) is 0 Å². The van der Waals surface area contributed by atoms with E-state index in [0.717, 1.165) is 0 Å². The van der Waals surface area contributed by atoms with Crippen molar-refractivity contribution < 1.29 is 19.1 Å². The van der Waals surface area contributed by atoms with E-state index in [0.29, 0.717) is 17.5 Å². The molecule has 0 aliphatic carbocycles. The predicted octanol–water partition coefficient (Wildman–Crippen LogP) is 3.51. The number of benzene rings is 2. The molecule has 2 aromatic rings. The van der Waals surface area contributed by atoms with E-state index in [-0.39, 0.29) is 35.2 Å². The minimum atomic E-state index is -0.686. The monoisotopic (exact) mass is 406 g/mol. The van der Waals surface area contributed by atoms with Crippen LogP contribution < -0.4 is 11.1 Å². The average molecular weight is 407 g/mol. The molecule has 0 unspecified atom stereocenters. The van der Waals surface area contributed by atoms with Gasteiger partial charge in [-0.05, 0) is 25.0 Å². The number of primary amides is 1. The van der Waals surface area contributed by atoms with Crippen molar-refractivity contribution in [3.05, 3.63) is 69.5 Å². The summed E-state index contributed by atoms with van der Waals surface area (Å²) in [7, 11) is 0. The first-order chi connectivity index (χ1) is 13.3. The maximum absolute atomic E-state index is 15.3. The van der Waals surface area contributed by atoms with Crippen molar-refractivity contribution in [2.45, 2.75) is 45.4 Å². The van der Waals surface area contributed by atoms with Gasteiger partial charge in [0.1, 0.15) is 5.82 Å². The van der Waals surface area contributed by atoms with E-state index >= 15 is 4.39 Å². The summed E-state index contributed by atoms with van der Waals surface area (Å²) in [4.78, 5) is 24.0. The van der Waals surface area contributed by atoms with Crippen LogP contribution in [0.2, 0.25) is 5.02 Å². The second kappa shape index (κ2) is 9.78. The lowest BCUT2D eigenvalue weighted by molar-refractivity contribution is -0.118. The van der Waals surface area contributed by atoms with Gasteiger partial charge in [0.15, 0.2) is 5.78 Å². The Kier molecular flexibility index (Phi) is 7.69. The summed E-state index contributed by atoms with van der Waals surface area (Å²) < 4.78 is 15.3. The lowest BCUT2D eigenvalue weighted by atomic mass is 9.95. The van der Waals surface area contributed by atoms with E-state index in [2.05, 4.69) is 5.32 Å². The molecule has 0 heterocycles. The third-order valence-corrected chi connectivity index (χ3v) is 4.84. The fourth-order valence-corrected chi connectivity index (χ4v) is 3.32. The van der Waals surface area contributed by atoms with E-state index in [4.69, 9.17) is 22.4 Å². The van der Waals surface area contributed by atoms with Crippen molar-refractivity contribution >= 4 is 23.3 Å². The molecular formula is C21H24ClFN2O3. The van der Waals surface area contributed by atoms with Gasteiger partial charge in [0.2, 0.25) is 5.91 Å². The molecule has 0 aliphatic rings. The van der Waals surface area contributed by atoms with E-state index in [1.54, 1.807) is 25.1 Å². The number of aliphatic hydroxyl groups is 1. The van der Waals surface area contributed by atoms with E-state index < -0.39 is 23.5 Å². The van der Waals surface area contributed by atoms with Crippen molar-refractivity contribution in [2.24, 2.45) is 5.73 Å². The van der Waals surface area contributed by atoms with E-state index in [1.165, 1.54) is 18.2 Å². The van der Waals surface area contributed by atoms with Crippen LogP contribution in [0.5, 0.6) is 0 Å². The first-order valence-electron chi connectivity index (χ1n) is 9.05. The molecule has 150 valence electrons. The number of amides is 1. The third-order valence-electron chi connectivity index (χ3n) is 4.52. The summed E-state index contributed by atoms with van der Waals surface area (Å²) >= 11 is 6.14. The second-order valence-electron chi connectivity index (χ2n) is 6.71. The molecule has 0 spiro atoms. The fourth-order valence-electron chi connectivity index (χ4n) is 3.08. The number of halogens is 2. The molecule has 0 saturated heterocycles. The van der Waals surface area contributed by atoms with Gasteiger partial charge in [0, 0.05) is 29.6 Å². The standard InChI is InChI=1S/C21H24ClFN2O3/c1-3-17(25-12(2)10-18(24)27)15-8-9-16(22)19(20(15)23)21(28)14-6-4-13(11-26)5-7-14/h4-9,12,17,25-26H,3,10-11H2,1-2H3,(H2,24,27)/t12-,17-/m1/s1. The summed E-state index contributed by atoms with van der Waals surface area (Å²) in [5.41, 5.74) is 6.25. The minimum absolute atomic E-state index is 0.0255. The minimum Gasteiger partial charge on any atom is -0.392 e. The van der Waals surface area contributed by atoms with Crippen LogP contribution in [-0.2, 0) is 11.4 Å². The molecular weight excluding hydrogens is 383 g/mol. The molecule has 2 aromatic carbocycles. The smallest absolute Gasteiger partial charge is 0.218 e. The molecule has 0 bridgehead atoms. The Morgan fingerprint density at radius 2 is 1.86 bits per heavy atom. The third kappa shape index (κ3) is 5.16. The van der Waals surface area contributed by atoms with Gasteiger partial charge in [-0.1, -0.05) is 48.9 Å². The lowest BCUT2D eigenvalue weighted by Gasteiger charge is -2.23. The molecule has 0 aromatic heterocycles. The second-order valence-corrected chi connectivity index (χ2v) is 7.12. The summed E-state index contributed by atoms with van der Waals surface area (Å²) in [6.07, 6.45) is 0.662. The number of ketones is 1. The van der Waals surface area contributed by atoms with Gasteiger partial charge < -0.3 is 16.2 Å². The van der Waals surface area contributed by atoms with E-state index in [1.807, 2.05) is 6.92 Å². The topological polar surface area (TPSA) is 92.4 Å². The van der Waals surface area contributed by atoms with Crippen LogP contribution in [0.4, 0.5) is 4.39 Å². The highest BCUT2D eigenvalue weighted by Gasteiger charge is 2.25. The molecule has 2 atom stereocenters. The van der Waals surface area contributed by atoms with Crippen LogP contribution >= 0.6 is 11.6 Å². The number of hydrogen-bond donors (Lipinski definition) is 3.